The lowest BCUT2D eigenvalue weighted by atomic mass is 9.72. The SMILES string of the molecule is CCCCCCCCCC1C(CC2CC(C)(C)NC(C)(C)C2)C1C1CC(C)(C)NC(C)(C)C1. The average molecular weight is 461 g/mol. The molecule has 2 nitrogen and oxygen atoms in total. The Morgan fingerprint density at radius 3 is 1.55 bits per heavy atom. The van der Waals surface area contributed by atoms with Crippen molar-refractivity contribution in [3.8, 4) is 0 Å². The quantitative estimate of drug-likeness (QED) is 0.302. The van der Waals surface area contributed by atoms with E-state index in [0.717, 1.165) is 29.6 Å². The Morgan fingerprint density at radius 1 is 0.576 bits per heavy atom. The van der Waals surface area contributed by atoms with Crippen LogP contribution in [0.5, 0.6) is 0 Å². The Hall–Kier alpha value is -0.0800. The molecular weight excluding hydrogens is 400 g/mol. The highest BCUT2D eigenvalue weighted by atomic mass is 15.1. The van der Waals surface area contributed by atoms with Crippen LogP contribution in [0.15, 0.2) is 0 Å². The molecule has 2 aliphatic heterocycles. The molecule has 0 radical (unpaired) electrons. The first-order valence-corrected chi connectivity index (χ1v) is 14.8. The van der Waals surface area contributed by atoms with Crippen molar-refractivity contribution >= 4 is 0 Å². The maximum Gasteiger partial charge on any atom is 0.0132 e. The standard InChI is InChI=1S/C31H60N2/c1-10-11-12-13-14-15-16-17-25-26(18-23-19-28(2,3)32-29(4,5)20-23)27(25)24-21-30(6,7)33-31(8,9)22-24/h23-27,32-33H,10-22H2,1-9H3. The van der Waals surface area contributed by atoms with Crippen LogP contribution in [0, 0.1) is 29.6 Å². The fourth-order valence-electron chi connectivity index (χ4n) is 9.01. The number of hydrogen-bond acceptors (Lipinski definition) is 2. The number of nitrogens with one attached hydrogen (secondary N) is 2. The fraction of sp³-hybridized carbons (Fsp3) is 1.00. The van der Waals surface area contributed by atoms with Crippen LogP contribution in [-0.4, -0.2) is 22.2 Å². The molecule has 3 fully saturated rings. The van der Waals surface area contributed by atoms with Crippen LogP contribution in [0.25, 0.3) is 0 Å². The molecular formula is C31H60N2. The second-order valence-electron chi connectivity index (χ2n) is 15.3. The van der Waals surface area contributed by atoms with Crippen LogP contribution < -0.4 is 10.6 Å². The van der Waals surface area contributed by atoms with Crippen molar-refractivity contribution in [2.75, 3.05) is 0 Å². The van der Waals surface area contributed by atoms with E-state index in [4.69, 9.17) is 0 Å². The summed E-state index contributed by atoms with van der Waals surface area (Å²) in [7, 11) is 0. The first kappa shape index (κ1) is 27.5. The van der Waals surface area contributed by atoms with Crippen molar-refractivity contribution < 1.29 is 0 Å². The predicted octanol–water partition coefficient (Wildman–Crippen LogP) is 8.49. The van der Waals surface area contributed by atoms with Gasteiger partial charge in [0.25, 0.3) is 0 Å². The first-order chi connectivity index (χ1) is 15.2. The van der Waals surface area contributed by atoms with Crippen LogP contribution in [0.2, 0.25) is 0 Å². The van der Waals surface area contributed by atoms with Crippen LogP contribution in [0.4, 0.5) is 0 Å². The topological polar surface area (TPSA) is 24.1 Å². The molecule has 194 valence electrons. The average Bonchev–Trinajstić information content (AvgIpc) is 3.27. The zero-order valence-electron chi connectivity index (χ0n) is 24.1. The minimum absolute atomic E-state index is 0.280. The monoisotopic (exact) mass is 460 g/mol. The predicted molar refractivity (Wildman–Crippen MR) is 146 cm³/mol. The fourth-order valence-corrected chi connectivity index (χ4v) is 9.01. The molecule has 0 amide bonds. The zero-order valence-corrected chi connectivity index (χ0v) is 24.1. The van der Waals surface area contributed by atoms with E-state index in [1.165, 1.54) is 83.5 Å². The van der Waals surface area contributed by atoms with Crippen LogP contribution in [0.3, 0.4) is 0 Å². The second-order valence-corrected chi connectivity index (χ2v) is 15.3. The third kappa shape index (κ3) is 8.23. The van der Waals surface area contributed by atoms with E-state index in [9.17, 15) is 0 Å². The van der Waals surface area contributed by atoms with Gasteiger partial charge in [0.15, 0.2) is 0 Å². The van der Waals surface area contributed by atoms with E-state index in [0.29, 0.717) is 0 Å². The summed E-state index contributed by atoms with van der Waals surface area (Å²) in [6.07, 6.45) is 18.6. The highest BCUT2D eigenvalue weighted by Crippen LogP contribution is 2.61. The van der Waals surface area contributed by atoms with Crippen molar-refractivity contribution in [2.24, 2.45) is 29.6 Å². The van der Waals surface area contributed by atoms with Crippen LogP contribution >= 0.6 is 0 Å². The van der Waals surface area contributed by atoms with E-state index < -0.39 is 0 Å². The van der Waals surface area contributed by atoms with Gasteiger partial charge in [-0.3, -0.25) is 0 Å². The minimum Gasteiger partial charge on any atom is -0.307 e. The highest BCUT2D eigenvalue weighted by Gasteiger charge is 2.56. The Bertz CT molecular complexity index is 584. The molecule has 2 saturated heterocycles. The Balaban J connectivity index is 1.61. The van der Waals surface area contributed by atoms with Gasteiger partial charge in [-0.05, 0) is 124 Å². The summed E-state index contributed by atoms with van der Waals surface area (Å²) in [5, 5.41) is 7.86. The summed E-state index contributed by atoms with van der Waals surface area (Å²) in [6.45, 7) is 21.8. The van der Waals surface area contributed by atoms with Gasteiger partial charge in [-0.25, -0.2) is 0 Å². The largest absolute Gasteiger partial charge is 0.307 e. The Morgan fingerprint density at radius 2 is 1.03 bits per heavy atom. The van der Waals surface area contributed by atoms with Gasteiger partial charge in [-0.1, -0.05) is 51.9 Å². The molecule has 1 aliphatic carbocycles. The summed E-state index contributed by atoms with van der Waals surface area (Å²) >= 11 is 0. The number of unbranched alkanes of at least 4 members (excludes halogenated alkanes) is 6. The molecule has 2 heterocycles. The molecule has 3 aliphatic rings. The van der Waals surface area contributed by atoms with Gasteiger partial charge in [0, 0.05) is 22.2 Å². The molecule has 0 aromatic rings. The molecule has 0 aromatic heterocycles. The van der Waals surface area contributed by atoms with E-state index in [-0.39, 0.29) is 22.2 Å². The van der Waals surface area contributed by atoms with Gasteiger partial charge in [-0.2, -0.15) is 0 Å². The molecule has 3 rings (SSSR count). The molecule has 2 heteroatoms. The third-order valence-corrected chi connectivity index (χ3v) is 9.19. The van der Waals surface area contributed by atoms with Gasteiger partial charge >= 0.3 is 0 Å². The zero-order chi connectivity index (χ0) is 24.5. The lowest BCUT2D eigenvalue weighted by molar-refractivity contribution is 0.102. The van der Waals surface area contributed by atoms with Gasteiger partial charge in [0.1, 0.15) is 0 Å². The number of hydrogen-bond donors (Lipinski definition) is 2. The molecule has 33 heavy (non-hydrogen) atoms. The van der Waals surface area contributed by atoms with E-state index in [1.54, 1.807) is 0 Å². The third-order valence-electron chi connectivity index (χ3n) is 9.19. The summed E-state index contributed by atoms with van der Waals surface area (Å²) < 4.78 is 0. The van der Waals surface area contributed by atoms with Gasteiger partial charge in [0.05, 0.1) is 0 Å². The van der Waals surface area contributed by atoms with E-state index in [2.05, 4.69) is 72.9 Å². The normalized spacial score (nSPS) is 33.2. The molecule has 0 aromatic carbocycles. The van der Waals surface area contributed by atoms with Crippen molar-refractivity contribution in [3.63, 3.8) is 0 Å². The molecule has 2 N–H and O–H groups in total. The summed E-state index contributed by atoms with van der Waals surface area (Å²) in [5.74, 6) is 4.81. The van der Waals surface area contributed by atoms with Gasteiger partial charge < -0.3 is 10.6 Å². The first-order valence-electron chi connectivity index (χ1n) is 14.8. The lowest BCUT2D eigenvalue weighted by Gasteiger charge is -2.47. The Labute approximate surface area is 208 Å². The maximum absolute atomic E-state index is 3.95. The molecule has 3 atom stereocenters. The lowest BCUT2D eigenvalue weighted by Crippen LogP contribution is -2.58. The molecule has 1 saturated carbocycles. The summed E-state index contributed by atoms with van der Waals surface area (Å²) in [5.41, 5.74) is 1.12. The molecule has 3 unspecified atom stereocenters. The highest BCUT2D eigenvalue weighted by molar-refractivity contribution is 5.08. The van der Waals surface area contributed by atoms with Crippen LogP contribution in [-0.2, 0) is 0 Å². The van der Waals surface area contributed by atoms with Crippen molar-refractivity contribution in [2.45, 2.75) is 168 Å². The van der Waals surface area contributed by atoms with Crippen molar-refractivity contribution in [3.05, 3.63) is 0 Å². The summed E-state index contributed by atoms with van der Waals surface area (Å²) in [6, 6.07) is 0. The molecule has 0 spiro atoms. The smallest absolute Gasteiger partial charge is 0.0132 e. The summed E-state index contributed by atoms with van der Waals surface area (Å²) in [4.78, 5) is 0. The van der Waals surface area contributed by atoms with Crippen LogP contribution in [0.1, 0.15) is 146 Å². The molecule has 0 bridgehead atoms. The van der Waals surface area contributed by atoms with Crippen molar-refractivity contribution in [1.29, 1.82) is 0 Å². The Kier molecular flexibility index (Phi) is 8.75. The number of rotatable bonds is 11. The van der Waals surface area contributed by atoms with E-state index >= 15 is 0 Å². The second kappa shape index (κ2) is 10.5. The van der Waals surface area contributed by atoms with Gasteiger partial charge in [-0.15, -0.1) is 0 Å². The van der Waals surface area contributed by atoms with Crippen molar-refractivity contribution in [1.82, 2.24) is 10.6 Å². The number of piperidine rings is 2. The maximum atomic E-state index is 3.95. The van der Waals surface area contributed by atoms with Gasteiger partial charge in [0.2, 0.25) is 0 Å². The minimum atomic E-state index is 0.280. The van der Waals surface area contributed by atoms with E-state index in [1.807, 2.05) is 0 Å².